The summed E-state index contributed by atoms with van der Waals surface area (Å²) in [5, 5.41) is 8.90. The summed E-state index contributed by atoms with van der Waals surface area (Å²) in [4.78, 5) is 24.5. The van der Waals surface area contributed by atoms with Crippen molar-refractivity contribution in [1.82, 2.24) is 4.90 Å². The van der Waals surface area contributed by atoms with E-state index in [9.17, 15) is 14.0 Å². The summed E-state index contributed by atoms with van der Waals surface area (Å²) in [6, 6.07) is 3.84. The van der Waals surface area contributed by atoms with Crippen molar-refractivity contribution in [2.75, 3.05) is 6.54 Å². The van der Waals surface area contributed by atoms with Crippen LogP contribution in [0.1, 0.15) is 36.7 Å². The predicted molar refractivity (Wildman–Crippen MR) is 69.6 cm³/mol. The third-order valence-electron chi connectivity index (χ3n) is 2.77. The van der Waals surface area contributed by atoms with Crippen LogP contribution in [0.4, 0.5) is 4.39 Å². The van der Waals surface area contributed by atoms with Crippen LogP contribution < -0.4 is 0 Å². The van der Waals surface area contributed by atoms with Crippen LogP contribution in [0.15, 0.2) is 18.2 Å². The van der Waals surface area contributed by atoms with Gasteiger partial charge in [0.2, 0.25) is 0 Å². The standard InChI is InChI=1S/C14H18FNO3/c1-9-7-10(15)5-6-11(9)13(19)16(8-12(17)18)14(2,3)4/h5-7H,8H2,1-4H3,(H,17,18). The molecule has 104 valence electrons. The highest BCUT2D eigenvalue weighted by Gasteiger charge is 2.29. The van der Waals surface area contributed by atoms with Crippen LogP contribution in [0, 0.1) is 12.7 Å². The van der Waals surface area contributed by atoms with Crippen molar-refractivity contribution in [2.24, 2.45) is 0 Å². The average Bonchev–Trinajstić information content (AvgIpc) is 2.23. The Morgan fingerprint density at radius 3 is 2.32 bits per heavy atom. The third kappa shape index (κ3) is 3.77. The maximum atomic E-state index is 13.0. The van der Waals surface area contributed by atoms with Gasteiger partial charge in [-0.2, -0.15) is 0 Å². The molecule has 0 aliphatic heterocycles. The second-order valence-electron chi connectivity index (χ2n) is 5.42. The van der Waals surface area contributed by atoms with Gasteiger partial charge >= 0.3 is 5.97 Å². The number of halogens is 1. The van der Waals surface area contributed by atoms with E-state index in [-0.39, 0.29) is 6.54 Å². The smallest absolute Gasteiger partial charge is 0.323 e. The lowest BCUT2D eigenvalue weighted by molar-refractivity contribution is -0.138. The summed E-state index contributed by atoms with van der Waals surface area (Å²) in [6.45, 7) is 6.50. The first-order valence-corrected chi connectivity index (χ1v) is 5.93. The maximum absolute atomic E-state index is 13.0. The lowest BCUT2D eigenvalue weighted by atomic mass is 10.0. The van der Waals surface area contributed by atoms with E-state index in [1.807, 2.05) is 0 Å². The highest BCUT2D eigenvalue weighted by atomic mass is 19.1. The number of aliphatic carboxylic acids is 1. The van der Waals surface area contributed by atoms with Crippen LogP contribution >= 0.6 is 0 Å². The monoisotopic (exact) mass is 267 g/mol. The molecule has 0 heterocycles. The molecule has 1 rings (SSSR count). The van der Waals surface area contributed by atoms with Crippen LogP contribution in [-0.4, -0.2) is 34.0 Å². The zero-order valence-corrected chi connectivity index (χ0v) is 11.5. The van der Waals surface area contributed by atoms with Crippen molar-refractivity contribution in [2.45, 2.75) is 33.2 Å². The summed E-state index contributed by atoms with van der Waals surface area (Å²) < 4.78 is 13.0. The van der Waals surface area contributed by atoms with Crippen LogP contribution in [-0.2, 0) is 4.79 Å². The number of amides is 1. The van der Waals surface area contributed by atoms with Gasteiger partial charge in [0, 0.05) is 11.1 Å². The van der Waals surface area contributed by atoms with Gasteiger partial charge in [-0.05, 0) is 51.5 Å². The molecule has 0 radical (unpaired) electrons. The van der Waals surface area contributed by atoms with Gasteiger partial charge in [-0.3, -0.25) is 9.59 Å². The quantitative estimate of drug-likeness (QED) is 0.915. The fourth-order valence-electron chi connectivity index (χ4n) is 1.76. The zero-order valence-electron chi connectivity index (χ0n) is 11.5. The first-order chi connectivity index (χ1) is 8.62. The Kier molecular flexibility index (Phi) is 4.29. The highest BCUT2D eigenvalue weighted by molar-refractivity contribution is 5.97. The Labute approximate surface area is 111 Å². The summed E-state index contributed by atoms with van der Waals surface area (Å²) in [5.74, 6) is -1.91. The molecule has 0 bridgehead atoms. The number of hydrogen-bond acceptors (Lipinski definition) is 2. The molecule has 0 aromatic heterocycles. The number of carboxylic acid groups (broad SMARTS) is 1. The average molecular weight is 267 g/mol. The Morgan fingerprint density at radius 1 is 1.32 bits per heavy atom. The molecule has 1 N–H and O–H groups in total. The molecule has 0 saturated heterocycles. The van der Waals surface area contributed by atoms with E-state index in [2.05, 4.69) is 0 Å². The second-order valence-corrected chi connectivity index (χ2v) is 5.42. The van der Waals surface area contributed by atoms with E-state index >= 15 is 0 Å². The lowest BCUT2D eigenvalue weighted by Gasteiger charge is -2.34. The molecular weight excluding hydrogens is 249 g/mol. The molecule has 0 aliphatic carbocycles. The largest absolute Gasteiger partial charge is 0.480 e. The number of carbonyl (C=O) groups is 2. The molecule has 0 aliphatic rings. The minimum Gasteiger partial charge on any atom is -0.480 e. The van der Waals surface area contributed by atoms with Gasteiger partial charge in [0.25, 0.3) is 5.91 Å². The first-order valence-electron chi connectivity index (χ1n) is 5.93. The number of carboxylic acids is 1. The molecule has 0 unspecified atom stereocenters. The minimum atomic E-state index is -1.08. The van der Waals surface area contributed by atoms with Crippen LogP contribution in [0.3, 0.4) is 0 Å². The second kappa shape index (κ2) is 5.38. The number of rotatable bonds is 3. The maximum Gasteiger partial charge on any atom is 0.323 e. The fraction of sp³-hybridized carbons (Fsp3) is 0.429. The molecule has 0 fully saturated rings. The fourth-order valence-corrected chi connectivity index (χ4v) is 1.76. The van der Waals surface area contributed by atoms with Gasteiger partial charge < -0.3 is 10.0 Å². The van der Waals surface area contributed by atoms with Crippen molar-refractivity contribution < 1.29 is 19.1 Å². The molecule has 1 amide bonds. The lowest BCUT2D eigenvalue weighted by Crippen LogP contribution is -2.48. The molecule has 0 atom stereocenters. The van der Waals surface area contributed by atoms with Crippen molar-refractivity contribution in [3.05, 3.63) is 35.1 Å². The Bertz CT molecular complexity index is 506. The van der Waals surface area contributed by atoms with Gasteiger partial charge in [0.05, 0.1) is 0 Å². The Morgan fingerprint density at radius 2 is 1.89 bits per heavy atom. The number of hydrogen-bond donors (Lipinski definition) is 1. The van der Waals surface area contributed by atoms with Gasteiger partial charge in [-0.15, -0.1) is 0 Å². The zero-order chi connectivity index (χ0) is 14.8. The molecular formula is C14H18FNO3. The molecule has 0 spiro atoms. The predicted octanol–water partition coefficient (Wildman–Crippen LogP) is 2.46. The van der Waals surface area contributed by atoms with Gasteiger partial charge in [-0.25, -0.2) is 4.39 Å². The molecule has 4 nitrogen and oxygen atoms in total. The van der Waals surface area contributed by atoms with Crippen molar-refractivity contribution in [3.8, 4) is 0 Å². The minimum absolute atomic E-state index is 0.317. The van der Waals surface area contributed by atoms with E-state index in [1.54, 1.807) is 27.7 Å². The Balaban J connectivity index is 3.16. The summed E-state index contributed by atoms with van der Waals surface area (Å²) in [7, 11) is 0. The van der Waals surface area contributed by atoms with E-state index < -0.39 is 23.2 Å². The van der Waals surface area contributed by atoms with Crippen molar-refractivity contribution >= 4 is 11.9 Å². The van der Waals surface area contributed by atoms with E-state index in [0.29, 0.717) is 11.1 Å². The number of aryl methyl sites for hydroxylation is 1. The highest BCUT2D eigenvalue weighted by Crippen LogP contribution is 2.19. The van der Waals surface area contributed by atoms with Crippen LogP contribution in [0.5, 0.6) is 0 Å². The first kappa shape index (κ1) is 15.1. The number of carbonyl (C=O) groups excluding carboxylic acids is 1. The van der Waals surface area contributed by atoms with Gasteiger partial charge in [0.1, 0.15) is 12.4 Å². The molecule has 1 aromatic rings. The van der Waals surface area contributed by atoms with E-state index in [1.165, 1.54) is 23.1 Å². The SMILES string of the molecule is Cc1cc(F)ccc1C(=O)N(CC(=O)O)C(C)(C)C. The van der Waals surface area contributed by atoms with E-state index in [0.717, 1.165) is 0 Å². The van der Waals surface area contributed by atoms with Crippen LogP contribution in [0.25, 0.3) is 0 Å². The van der Waals surface area contributed by atoms with Crippen molar-refractivity contribution in [1.29, 1.82) is 0 Å². The van der Waals surface area contributed by atoms with Crippen LogP contribution in [0.2, 0.25) is 0 Å². The van der Waals surface area contributed by atoms with Gasteiger partial charge in [-0.1, -0.05) is 0 Å². The molecule has 5 heteroatoms. The van der Waals surface area contributed by atoms with E-state index in [4.69, 9.17) is 5.11 Å². The number of benzene rings is 1. The summed E-state index contributed by atoms with van der Waals surface area (Å²) in [6.07, 6.45) is 0. The third-order valence-corrected chi connectivity index (χ3v) is 2.77. The van der Waals surface area contributed by atoms with Gasteiger partial charge in [0.15, 0.2) is 0 Å². The summed E-state index contributed by atoms with van der Waals surface area (Å²) >= 11 is 0. The Hall–Kier alpha value is -1.91. The normalized spacial score (nSPS) is 11.2. The molecule has 0 saturated carbocycles. The molecule has 19 heavy (non-hydrogen) atoms. The topological polar surface area (TPSA) is 57.6 Å². The summed E-state index contributed by atoms with van der Waals surface area (Å²) in [5.41, 5.74) is 0.179. The number of nitrogens with zero attached hydrogens (tertiary/aromatic N) is 1. The molecule has 1 aromatic carbocycles. The van der Waals surface area contributed by atoms with Crippen molar-refractivity contribution in [3.63, 3.8) is 0 Å².